The van der Waals surface area contributed by atoms with Crippen molar-refractivity contribution in [2.24, 2.45) is 5.84 Å². The van der Waals surface area contributed by atoms with Gasteiger partial charge in [-0.05, 0) is 18.2 Å². The number of rotatable bonds is 2. The maximum atomic E-state index is 11.1. The lowest BCUT2D eigenvalue weighted by molar-refractivity contribution is 0.0601. The molecule has 0 spiro atoms. The van der Waals surface area contributed by atoms with E-state index in [9.17, 15) is 4.79 Å². The minimum absolute atomic E-state index is 0.407. The topological polar surface area (TPSA) is 90.4 Å². The number of anilines is 2. The highest BCUT2D eigenvalue weighted by atomic mass is 16.5. The summed E-state index contributed by atoms with van der Waals surface area (Å²) in [5.74, 6) is 4.76. The number of benzene rings is 1. The van der Waals surface area contributed by atoms with Gasteiger partial charge in [-0.25, -0.2) is 4.79 Å². The molecule has 1 rings (SSSR count). The van der Waals surface area contributed by atoms with Gasteiger partial charge in [-0.1, -0.05) is 0 Å². The second kappa shape index (κ2) is 3.77. The second-order valence-electron chi connectivity index (χ2n) is 2.44. The lowest BCUT2D eigenvalue weighted by atomic mass is 10.2. The highest BCUT2D eigenvalue weighted by Crippen LogP contribution is 2.18. The molecule has 5 N–H and O–H groups in total. The number of nitrogens with two attached hydrogens (primary N) is 2. The van der Waals surface area contributed by atoms with E-state index in [0.29, 0.717) is 16.9 Å². The van der Waals surface area contributed by atoms with Crippen molar-refractivity contribution < 1.29 is 9.53 Å². The first-order valence-corrected chi connectivity index (χ1v) is 3.63. The van der Waals surface area contributed by atoms with Crippen molar-refractivity contribution >= 4 is 17.3 Å². The predicted molar refractivity (Wildman–Crippen MR) is 50.0 cm³/mol. The minimum Gasteiger partial charge on any atom is -0.465 e. The van der Waals surface area contributed by atoms with Crippen molar-refractivity contribution in [1.82, 2.24) is 0 Å². The van der Waals surface area contributed by atoms with Crippen LogP contribution in [0.5, 0.6) is 0 Å². The highest BCUT2D eigenvalue weighted by molar-refractivity contribution is 5.91. The third-order valence-electron chi connectivity index (χ3n) is 1.63. The number of ether oxygens (including phenoxy) is 1. The molecule has 0 aliphatic rings. The first-order chi connectivity index (χ1) is 6.19. The van der Waals surface area contributed by atoms with E-state index in [1.807, 2.05) is 0 Å². The molecule has 1 aromatic carbocycles. The number of carbonyl (C=O) groups is 1. The molecule has 0 atom stereocenters. The van der Waals surface area contributed by atoms with Crippen molar-refractivity contribution in [3.05, 3.63) is 23.8 Å². The second-order valence-corrected chi connectivity index (χ2v) is 2.44. The van der Waals surface area contributed by atoms with Gasteiger partial charge in [-0.15, -0.1) is 0 Å². The zero-order valence-electron chi connectivity index (χ0n) is 7.20. The first-order valence-electron chi connectivity index (χ1n) is 3.63. The van der Waals surface area contributed by atoms with Crippen LogP contribution in [0.3, 0.4) is 0 Å². The normalized spacial score (nSPS) is 9.38. The van der Waals surface area contributed by atoms with Crippen LogP contribution in [0.25, 0.3) is 0 Å². The maximum Gasteiger partial charge on any atom is 0.337 e. The summed E-state index contributed by atoms with van der Waals surface area (Å²) in [5.41, 5.74) is 9.32. The third-order valence-corrected chi connectivity index (χ3v) is 1.63. The van der Waals surface area contributed by atoms with Gasteiger partial charge in [0, 0.05) is 0 Å². The van der Waals surface area contributed by atoms with E-state index < -0.39 is 5.97 Å². The predicted octanol–water partition coefficient (Wildman–Crippen LogP) is 0.341. The summed E-state index contributed by atoms with van der Waals surface area (Å²) < 4.78 is 4.53. The molecule has 0 aromatic heterocycles. The molecular weight excluding hydrogens is 170 g/mol. The zero-order chi connectivity index (χ0) is 9.84. The standard InChI is InChI=1S/C8H11N3O2/c1-13-8(12)5-2-3-6(9)7(4-5)11-10/h2-4,11H,9-10H2,1H3. The molecule has 5 nitrogen and oxygen atoms in total. The minimum atomic E-state index is -0.420. The molecule has 0 fully saturated rings. The van der Waals surface area contributed by atoms with Gasteiger partial charge in [0.05, 0.1) is 24.0 Å². The Kier molecular flexibility index (Phi) is 2.71. The Morgan fingerprint density at radius 1 is 1.54 bits per heavy atom. The maximum absolute atomic E-state index is 11.1. The molecule has 0 saturated carbocycles. The molecule has 0 bridgehead atoms. The van der Waals surface area contributed by atoms with E-state index in [1.165, 1.54) is 13.2 Å². The van der Waals surface area contributed by atoms with Crippen LogP contribution in [0.4, 0.5) is 11.4 Å². The van der Waals surface area contributed by atoms with E-state index in [0.717, 1.165) is 0 Å². The van der Waals surface area contributed by atoms with Crippen molar-refractivity contribution in [3.8, 4) is 0 Å². The molecular formula is C8H11N3O2. The van der Waals surface area contributed by atoms with Crippen LogP contribution in [-0.4, -0.2) is 13.1 Å². The van der Waals surface area contributed by atoms with Crippen LogP contribution < -0.4 is 17.0 Å². The first kappa shape index (κ1) is 9.34. The number of nitrogens with one attached hydrogen (secondary N) is 1. The fraction of sp³-hybridized carbons (Fsp3) is 0.125. The number of carbonyl (C=O) groups excluding carboxylic acids is 1. The number of methoxy groups -OCH3 is 1. The average Bonchev–Trinajstić information content (AvgIpc) is 2.17. The fourth-order valence-electron chi connectivity index (χ4n) is 0.926. The van der Waals surface area contributed by atoms with Gasteiger partial charge in [0.1, 0.15) is 0 Å². The fourth-order valence-corrected chi connectivity index (χ4v) is 0.926. The molecule has 0 unspecified atom stereocenters. The monoisotopic (exact) mass is 181 g/mol. The van der Waals surface area contributed by atoms with E-state index in [2.05, 4.69) is 10.2 Å². The number of esters is 1. The third kappa shape index (κ3) is 1.88. The van der Waals surface area contributed by atoms with Crippen molar-refractivity contribution in [2.75, 3.05) is 18.3 Å². The highest BCUT2D eigenvalue weighted by Gasteiger charge is 2.06. The summed E-state index contributed by atoms with van der Waals surface area (Å²) in [5, 5.41) is 0. The van der Waals surface area contributed by atoms with Gasteiger partial charge < -0.3 is 15.9 Å². The lowest BCUT2D eigenvalue weighted by Gasteiger charge is -2.06. The van der Waals surface area contributed by atoms with Crippen LogP contribution in [-0.2, 0) is 4.74 Å². The summed E-state index contributed by atoms with van der Waals surface area (Å²) >= 11 is 0. The quantitative estimate of drug-likeness (QED) is 0.265. The Balaban J connectivity index is 3.06. The summed E-state index contributed by atoms with van der Waals surface area (Å²) in [4.78, 5) is 11.1. The number of hydrogen-bond donors (Lipinski definition) is 3. The Morgan fingerprint density at radius 2 is 2.23 bits per heavy atom. The van der Waals surface area contributed by atoms with Crippen LogP contribution in [0.15, 0.2) is 18.2 Å². The average molecular weight is 181 g/mol. The van der Waals surface area contributed by atoms with Crippen molar-refractivity contribution in [2.45, 2.75) is 0 Å². The Bertz CT molecular complexity index is 325. The summed E-state index contributed by atoms with van der Waals surface area (Å²) in [6, 6.07) is 4.69. The summed E-state index contributed by atoms with van der Waals surface area (Å²) in [7, 11) is 1.31. The molecule has 0 amide bonds. The molecule has 13 heavy (non-hydrogen) atoms. The van der Waals surface area contributed by atoms with Crippen LogP contribution in [0.1, 0.15) is 10.4 Å². The Hall–Kier alpha value is -1.75. The number of hydrogen-bond acceptors (Lipinski definition) is 5. The molecule has 5 heteroatoms. The Labute approximate surface area is 75.6 Å². The molecule has 0 radical (unpaired) electrons. The van der Waals surface area contributed by atoms with Gasteiger partial charge >= 0.3 is 5.97 Å². The van der Waals surface area contributed by atoms with Crippen molar-refractivity contribution in [1.29, 1.82) is 0 Å². The number of nitrogen functional groups attached to an aromatic ring is 2. The molecule has 0 aliphatic carbocycles. The van der Waals surface area contributed by atoms with E-state index in [-0.39, 0.29) is 0 Å². The van der Waals surface area contributed by atoms with Gasteiger partial charge in [-0.3, -0.25) is 5.84 Å². The zero-order valence-corrected chi connectivity index (χ0v) is 7.20. The van der Waals surface area contributed by atoms with Crippen LogP contribution in [0, 0.1) is 0 Å². The Morgan fingerprint density at radius 3 is 2.77 bits per heavy atom. The molecule has 0 saturated heterocycles. The largest absolute Gasteiger partial charge is 0.465 e. The molecule has 1 aromatic rings. The van der Waals surface area contributed by atoms with E-state index >= 15 is 0 Å². The van der Waals surface area contributed by atoms with E-state index in [4.69, 9.17) is 11.6 Å². The van der Waals surface area contributed by atoms with Gasteiger partial charge in [0.15, 0.2) is 0 Å². The van der Waals surface area contributed by atoms with E-state index in [1.54, 1.807) is 12.1 Å². The van der Waals surface area contributed by atoms with Crippen molar-refractivity contribution in [3.63, 3.8) is 0 Å². The van der Waals surface area contributed by atoms with Crippen LogP contribution in [0.2, 0.25) is 0 Å². The van der Waals surface area contributed by atoms with Crippen LogP contribution >= 0.6 is 0 Å². The molecule has 0 heterocycles. The number of hydrazine groups is 1. The molecule has 0 aliphatic heterocycles. The lowest BCUT2D eigenvalue weighted by Crippen LogP contribution is -2.10. The van der Waals surface area contributed by atoms with Gasteiger partial charge in [-0.2, -0.15) is 0 Å². The SMILES string of the molecule is COC(=O)c1ccc(N)c(NN)c1. The summed E-state index contributed by atoms with van der Waals surface area (Å²) in [6.45, 7) is 0. The van der Waals surface area contributed by atoms with Gasteiger partial charge in [0.2, 0.25) is 0 Å². The molecule has 70 valence electrons. The summed E-state index contributed by atoms with van der Waals surface area (Å²) in [6.07, 6.45) is 0. The smallest absolute Gasteiger partial charge is 0.337 e. The van der Waals surface area contributed by atoms with Gasteiger partial charge in [0.25, 0.3) is 0 Å².